The molecule has 0 atom stereocenters. The van der Waals surface area contributed by atoms with Gasteiger partial charge in [0, 0.05) is 6.04 Å². The summed E-state index contributed by atoms with van der Waals surface area (Å²) in [6, 6.07) is 3.91. The molecule has 1 heterocycles. The van der Waals surface area contributed by atoms with Crippen molar-refractivity contribution < 1.29 is 9.21 Å². The molecule has 1 aromatic rings. The van der Waals surface area contributed by atoms with Crippen LogP contribution in [0, 0.1) is 23.7 Å². The molecule has 0 spiro atoms. The van der Waals surface area contributed by atoms with E-state index < -0.39 is 0 Å². The maximum absolute atomic E-state index is 12.1. The quantitative estimate of drug-likeness (QED) is 0.870. The lowest BCUT2D eigenvalue weighted by Gasteiger charge is -2.54. The van der Waals surface area contributed by atoms with Crippen molar-refractivity contribution in [2.45, 2.75) is 38.1 Å². The molecule has 96 valence electrons. The second-order valence-electron chi connectivity index (χ2n) is 6.41. The van der Waals surface area contributed by atoms with E-state index in [1.54, 1.807) is 18.4 Å². The van der Waals surface area contributed by atoms with Gasteiger partial charge in [0.25, 0.3) is 5.91 Å². The summed E-state index contributed by atoms with van der Waals surface area (Å²) in [5.41, 5.74) is 0. The summed E-state index contributed by atoms with van der Waals surface area (Å²) in [6.45, 7) is 0. The van der Waals surface area contributed by atoms with Gasteiger partial charge in [-0.2, -0.15) is 0 Å². The fraction of sp³-hybridized carbons (Fsp3) is 0.667. The highest BCUT2D eigenvalue weighted by molar-refractivity contribution is 5.91. The Labute approximate surface area is 107 Å². The van der Waals surface area contributed by atoms with Crippen molar-refractivity contribution in [1.82, 2.24) is 5.32 Å². The van der Waals surface area contributed by atoms with Gasteiger partial charge in [-0.1, -0.05) is 0 Å². The van der Waals surface area contributed by atoms with Crippen LogP contribution in [0.2, 0.25) is 0 Å². The number of hydrogen-bond donors (Lipinski definition) is 1. The summed E-state index contributed by atoms with van der Waals surface area (Å²) >= 11 is 0. The van der Waals surface area contributed by atoms with Gasteiger partial charge in [0.2, 0.25) is 0 Å². The van der Waals surface area contributed by atoms with Crippen molar-refractivity contribution in [1.29, 1.82) is 0 Å². The molecule has 5 rings (SSSR count). The minimum absolute atomic E-state index is 0.0301. The van der Waals surface area contributed by atoms with Crippen LogP contribution >= 0.6 is 0 Å². The summed E-state index contributed by atoms with van der Waals surface area (Å²) in [5.74, 6) is 3.76. The summed E-state index contributed by atoms with van der Waals surface area (Å²) in [6.07, 6.45) is 8.33. The third kappa shape index (κ3) is 1.60. The van der Waals surface area contributed by atoms with E-state index in [0.717, 1.165) is 23.7 Å². The Morgan fingerprint density at radius 1 is 1.11 bits per heavy atom. The third-order valence-electron chi connectivity index (χ3n) is 5.27. The molecule has 3 heteroatoms. The van der Waals surface area contributed by atoms with Crippen molar-refractivity contribution in [2.75, 3.05) is 0 Å². The molecule has 0 saturated heterocycles. The van der Waals surface area contributed by atoms with Crippen molar-refractivity contribution in [3.63, 3.8) is 0 Å². The highest BCUT2D eigenvalue weighted by atomic mass is 16.3. The molecule has 4 bridgehead atoms. The fourth-order valence-electron chi connectivity index (χ4n) is 4.79. The maximum Gasteiger partial charge on any atom is 0.287 e. The largest absolute Gasteiger partial charge is 0.459 e. The third-order valence-corrected chi connectivity index (χ3v) is 5.27. The molecule has 4 aliphatic rings. The van der Waals surface area contributed by atoms with Crippen LogP contribution in [0.5, 0.6) is 0 Å². The molecule has 0 aromatic carbocycles. The molecule has 1 N–H and O–H groups in total. The van der Waals surface area contributed by atoms with Gasteiger partial charge < -0.3 is 9.73 Å². The number of amides is 1. The first-order chi connectivity index (χ1) is 8.79. The lowest BCUT2D eigenvalue weighted by atomic mass is 9.54. The zero-order chi connectivity index (χ0) is 12.1. The lowest BCUT2D eigenvalue weighted by molar-refractivity contribution is -0.0122. The summed E-state index contributed by atoms with van der Waals surface area (Å²) < 4.78 is 5.18. The summed E-state index contributed by atoms with van der Waals surface area (Å²) in [4.78, 5) is 12.1. The standard InChI is InChI=1S/C15H19NO2/c17-15(13-2-1-3-18-13)16-14-11-5-9-4-10(7-11)8-12(14)6-9/h1-3,9-12,14H,4-8H2,(H,16,17). The first kappa shape index (κ1) is 10.7. The molecule has 4 fully saturated rings. The number of hydrogen-bond acceptors (Lipinski definition) is 2. The van der Waals surface area contributed by atoms with Crippen molar-refractivity contribution in [2.24, 2.45) is 23.7 Å². The SMILES string of the molecule is O=C(NC1C2CC3CC(C2)CC1C3)c1ccco1. The smallest absolute Gasteiger partial charge is 0.287 e. The van der Waals surface area contributed by atoms with Crippen molar-refractivity contribution in [3.8, 4) is 0 Å². The van der Waals surface area contributed by atoms with E-state index in [1.807, 2.05) is 0 Å². The van der Waals surface area contributed by atoms with E-state index in [9.17, 15) is 4.79 Å². The minimum Gasteiger partial charge on any atom is -0.459 e. The number of furan rings is 1. The number of carbonyl (C=O) groups excluding carboxylic acids is 1. The molecular formula is C15H19NO2. The highest BCUT2D eigenvalue weighted by Crippen LogP contribution is 2.53. The van der Waals surface area contributed by atoms with Gasteiger partial charge in [0.05, 0.1) is 6.26 Å². The first-order valence-electron chi connectivity index (χ1n) is 7.14. The van der Waals surface area contributed by atoms with Crippen LogP contribution < -0.4 is 5.32 Å². The van der Waals surface area contributed by atoms with Crippen molar-refractivity contribution in [3.05, 3.63) is 24.2 Å². The molecule has 4 saturated carbocycles. The van der Waals surface area contributed by atoms with Crippen LogP contribution in [0.1, 0.15) is 42.7 Å². The Balaban J connectivity index is 1.50. The summed E-state index contributed by atoms with van der Waals surface area (Å²) in [7, 11) is 0. The van der Waals surface area contributed by atoms with E-state index in [-0.39, 0.29) is 5.91 Å². The zero-order valence-electron chi connectivity index (χ0n) is 10.5. The minimum atomic E-state index is -0.0301. The molecule has 0 unspecified atom stereocenters. The molecule has 4 aliphatic carbocycles. The molecule has 1 aromatic heterocycles. The highest BCUT2D eigenvalue weighted by Gasteiger charge is 2.48. The van der Waals surface area contributed by atoms with E-state index in [1.165, 1.54) is 32.1 Å². The van der Waals surface area contributed by atoms with Crippen LogP contribution in [-0.4, -0.2) is 11.9 Å². The number of carbonyl (C=O) groups is 1. The van der Waals surface area contributed by atoms with Gasteiger partial charge in [-0.05, 0) is 67.9 Å². The molecule has 0 aliphatic heterocycles. The fourth-order valence-corrected chi connectivity index (χ4v) is 4.79. The molecule has 1 amide bonds. The predicted octanol–water partition coefficient (Wildman–Crippen LogP) is 2.83. The zero-order valence-corrected chi connectivity index (χ0v) is 10.5. The average molecular weight is 245 g/mol. The molecule has 3 nitrogen and oxygen atoms in total. The predicted molar refractivity (Wildman–Crippen MR) is 67.0 cm³/mol. The lowest BCUT2D eigenvalue weighted by Crippen LogP contribution is -2.55. The second kappa shape index (κ2) is 3.87. The van der Waals surface area contributed by atoms with Crippen LogP contribution in [-0.2, 0) is 0 Å². The van der Waals surface area contributed by atoms with Crippen LogP contribution in [0.3, 0.4) is 0 Å². The van der Waals surface area contributed by atoms with Crippen LogP contribution in [0.15, 0.2) is 22.8 Å². The monoisotopic (exact) mass is 245 g/mol. The Bertz CT molecular complexity index is 423. The second-order valence-corrected chi connectivity index (χ2v) is 6.41. The van der Waals surface area contributed by atoms with Gasteiger partial charge in [0.15, 0.2) is 5.76 Å². The van der Waals surface area contributed by atoms with Crippen LogP contribution in [0.4, 0.5) is 0 Å². The van der Waals surface area contributed by atoms with Gasteiger partial charge in [-0.25, -0.2) is 0 Å². The Morgan fingerprint density at radius 3 is 2.33 bits per heavy atom. The van der Waals surface area contributed by atoms with Gasteiger partial charge >= 0.3 is 0 Å². The Kier molecular flexibility index (Phi) is 2.29. The topological polar surface area (TPSA) is 42.2 Å². The van der Waals surface area contributed by atoms with Crippen molar-refractivity contribution >= 4 is 5.91 Å². The first-order valence-corrected chi connectivity index (χ1v) is 7.14. The summed E-state index contributed by atoms with van der Waals surface area (Å²) in [5, 5.41) is 3.23. The van der Waals surface area contributed by atoms with Gasteiger partial charge in [0.1, 0.15) is 0 Å². The Morgan fingerprint density at radius 2 is 1.78 bits per heavy atom. The van der Waals surface area contributed by atoms with Crippen LogP contribution in [0.25, 0.3) is 0 Å². The molecule has 0 radical (unpaired) electrons. The number of nitrogens with one attached hydrogen (secondary N) is 1. The average Bonchev–Trinajstić information content (AvgIpc) is 2.86. The maximum atomic E-state index is 12.1. The normalized spacial score (nSPS) is 41.0. The Hall–Kier alpha value is -1.25. The van der Waals surface area contributed by atoms with E-state index in [0.29, 0.717) is 11.8 Å². The van der Waals surface area contributed by atoms with Gasteiger partial charge in [-0.15, -0.1) is 0 Å². The number of rotatable bonds is 2. The van der Waals surface area contributed by atoms with E-state index in [4.69, 9.17) is 4.42 Å². The van der Waals surface area contributed by atoms with Gasteiger partial charge in [-0.3, -0.25) is 4.79 Å². The molecular weight excluding hydrogens is 226 g/mol. The van der Waals surface area contributed by atoms with E-state index in [2.05, 4.69) is 5.32 Å². The molecule has 18 heavy (non-hydrogen) atoms. The van der Waals surface area contributed by atoms with E-state index >= 15 is 0 Å².